The lowest BCUT2D eigenvalue weighted by atomic mass is 9.75. The number of ether oxygens (including phenoxy) is 3. The fourth-order valence-electron chi connectivity index (χ4n) is 5.44. The quantitative estimate of drug-likeness (QED) is 0.513. The molecule has 0 aliphatic heterocycles. The standard InChI is InChI=1S/C22H30O5/c1-5-26-18(23)21(19(24)27-6-2)13-20(3)14-22(20,15-21)17(12-25-4)16-10-8-7-9-11-16/h7-11,17H,5-6,12-15H2,1-4H3. The van der Waals surface area contributed by atoms with Gasteiger partial charge in [-0.25, -0.2) is 0 Å². The summed E-state index contributed by atoms with van der Waals surface area (Å²) in [5, 5.41) is 0. The molecule has 0 spiro atoms. The van der Waals surface area contributed by atoms with Crippen LogP contribution in [0.4, 0.5) is 0 Å². The van der Waals surface area contributed by atoms with Gasteiger partial charge < -0.3 is 14.2 Å². The van der Waals surface area contributed by atoms with Crippen LogP contribution >= 0.6 is 0 Å². The van der Waals surface area contributed by atoms with E-state index in [9.17, 15) is 9.59 Å². The second-order valence-corrected chi connectivity index (χ2v) is 8.19. The number of hydrogen-bond donors (Lipinski definition) is 0. The van der Waals surface area contributed by atoms with Crippen LogP contribution in [0.25, 0.3) is 0 Å². The van der Waals surface area contributed by atoms with Gasteiger partial charge in [-0.3, -0.25) is 9.59 Å². The molecule has 5 heteroatoms. The van der Waals surface area contributed by atoms with Crippen LogP contribution in [0.5, 0.6) is 0 Å². The fraction of sp³-hybridized carbons (Fsp3) is 0.636. The highest BCUT2D eigenvalue weighted by molar-refractivity contribution is 6.01. The SMILES string of the molecule is CCOC(=O)C1(C(=O)OCC)CC2(C)CC2(C(COC)c2ccccc2)C1. The third kappa shape index (κ3) is 3.06. The Kier molecular flexibility index (Phi) is 5.35. The van der Waals surface area contributed by atoms with E-state index >= 15 is 0 Å². The van der Waals surface area contributed by atoms with Crippen molar-refractivity contribution in [3.63, 3.8) is 0 Å². The topological polar surface area (TPSA) is 61.8 Å². The van der Waals surface area contributed by atoms with Gasteiger partial charge in [-0.2, -0.15) is 0 Å². The van der Waals surface area contributed by atoms with Crippen LogP contribution in [-0.2, 0) is 23.8 Å². The van der Waals surface area contributed by atoms with Crippen molar-refractivity contribution >= 4 is 11.9 Å². The first-order chi connectivity index (χ1) is 12.9. The molecule has 3 rings (SSSR count). The van der Waals surface area contributed by atoms with Crippen molar-refractivity contribution < 1.29 is 23.8 Å². The average molecular weight is 374 g/mol. The number of carbonyl (C=O) groups excluding carboxylic acids is 2. The zero-order chi connectivity index (χ0) is 19.7. The number of methoxy groups -OCH3 is 1. The van der Waals surface area contributed by atoms with Gasteiger partial charge in [0.25, 0.3) is 0 Å². The van der Waals surface area contributed by atoms with Crippen molar-refractivity contribution in [3.8, 4) is 0 Å². The van der Waals surface area contributed by atoms with Crippen molar-refractivity contribution in [3.05, 3.63) is 35.9 Å². The third-order valence-corrected chi connectivity index (χ3v) is 6.63. The molecule has 0 radical (unpaired) electrons. The monoisotopic (exact) mass is 374 g/mol. The summed E-state index contributed by atoms with van der Waals surface area (Å²) in [5.41, 5.74) is -0.290. The molecule has 0 aromatic heterocycles. The summed E-state index contributed by atoms with van der Waals surface area (Å²) in [4.78, 5) is 25.8. The third-order valence-electron chi connectivity index (χ3n) is 6.63. The summed E-state index contributed by atoms with van der Waals surface area (Å²) in [6.07, 6.45) is 1.91. The Bertz CT molecular complexity index is 682. The van der Waals surface area contributed by atoms with E-state index in [0.717, 1.165) is 6.42 Å². The fourth-order valence-corrected chi connectivity index (χ4v) is 5.44. The van der Waals surface area contributed by atoms with E-state index in [0.29, 0.717) is 19.4 Å². The summed E-state index contributed by atoms with van der Waals surface area (Å²) in [7, 11) is 1.70. The molecule has 0 saturated heterocycles. The Labute approximate surface area is 161 Å². The van der Waals surface area contributed by atoms with Crippen LogP contribution in [-0.4, -0.2) is 38.9 Å². The summed E-state index contributed by atoms with van der Waals surface area (Å²) in [5.74, 6) is -0.764. The van der Waals surface area contributed by atoms with E-state index in [2.05, 4.69) is 19.1 Å². The smallest absolute Gasteiger partial charge is 0.323 e. The summed E-state index contributed by atoms with van der Waals surface area (Å²) >= 11 is 0. The number of rotatable bonds is 8. The first-order valence-electron chi connectivity index (χ1n) is 9.77. The predicted molar refractivity (Wildman–Crippen MR) is 101 cm³/mol. The van der Waals surface area contributed by atoms with Gasteiger partial charge in [0.15, 0.2) is 5.41 Å². The lowest BCUT2D eigenvalue weighted by Gasteiger charge is -2.31. The number of esters is 2. The first-order valence-corrected chi connectivity index (χ1v) is 9.77. The van der Waals surface area contributed by atoms with Crippen LogP contribution in [0.15, 0.2) is 30.3 Å². The van der Waals surface area contributed by atoms with Crippen molar-refractivity contribution in [2.45, 2.75) is 46.0 Å². The van der Waals surface area contributed by atoms with Crippen molar-refractivity contribution in [2.24, 2.45) is 16.2 Å². The second-order valence-electron chi connectivity index (χ2n) is 8.19. The molecule has 3 atom stereocenters. The summed E-state index contributed by atoms with van der Waals surface area (Å²) in [6, 6.07) is 10.2. The Balaban J connectivity index is 1.99. The molecule has 3 unspecified atom stereocenters. The maximum atomic E-state index is 12.9. The predicted octanol–water partition coefficient (Wildman–Crippen LogP) is 3.72. The van der Waals surface area contributed by atoms with Crippen LogP contribution < -0.4 is 0 Å². The van der Waals surface area contributed by atoms with Gasteiger partial charge in [-0.15, -0.1) is 0 Å². The zero-order valence-corrected chi connectivity index (χ0v) is 16.7. The van der Waals surface area contributed by atoms with Crippen molar-refractivity contribution in [1.82, 2.24) is 0 Å². The van der Waals surface area contributed by atoms with E-state index in [1.165, 1.54) is 5.56 Å². The van der Waals surface area contributed by atoms with Gasteiger partial charge in [0.1, 0.15) is 0 Å². The molecule has 0 heterocycles. The van der Waals surface area contributed by atoms with Gasteiger partial charge in [0, 0.05) is 13.0 Å². The molecule has 2 aliphatic rings. The maximum Gasteiger partial charge on any atom is 0.323 e. The van der Waals surface area contributed by atoms with E-state index in [-0.39, 0.29) is 30.0 Å². The number of benzene rings is 1. The Hall–Kier alpha value is -1.88. The average Bonchev–Trinajstić information content (AvgIpc) is 3.13. The summed E-state index contributed by atoms with van der Waals surface area (Å²) in [6.45, 7) is 6.77. The highest BCUT2D eigenvalue weighted by Crippen LogP contribution is 2.82. The van der Waals surface area contributed by atoms with Gasteiger partial charge in [-0.05, 0) is 49.5 Å². The molecular weight excluding hydrogens is 344 g/mol. The van der Waals surface area contributed by atoms with Crippen LogP contribution in [0.2, 0.25) is 0 Å². The van der Waals surface area contributed by atoms with Crippen LogP contribution in [0.1, 0.15) is 51.5 Å². The second kappa shape index (κ2) is 7.27. The van der Waals surface area contributed by atoms with Crippen LogP contribution in [0.3, 0.4) is 0 Å². The number of hydrogen-bond acceptors (Lipinski definition) is 5. The van der Waals surface area contributed by atoms with Crippen molar-refractivity contribution in [1.29, 1.82) is 0 Å². The highest BCUT2D eigenvalue weighted by atomic mass is 16.6. The molecule has 1 aromatic rings. The molecule has 1 aromatic carbocycles. The van der Waals surface area contributed by atoms with E-state index in [4.69, 9.17) is 14.2 Å². The van der Waals surface area contributed by atoms with Gasteiger partial charge in [0.2, 0.25) is 0 Å². The van der Waals surface area contributed by atoms with E-state index in [1.54, 1.807) is 21.0 Å². The molecule has 2 saturated carbocycles. The molecule has 148 valence electrons. The maximum absolute atomic E-state index is 12.9. The van der Waals surface area contributed by atoms with Gasteiger partial charge in [-0.1, -0.05) is 37.3 Å². The van der Waals surface area contributed by atoms with Gasteiger partial charge in [0.05, 0.1) is 19.8 Å². The van der Waals surface area contributed by atoms with E-state index < -0.39 is 17.4 Å². The minimum atomic E-state index is -1.21. The molecule has 27 heavy (non-hydrogen) atoms. The largest absolute Gasteiger partial charge is 0.465 e. The Morgan fingerprint density at radius 3 is 2.11 bits per heavy atom. The number of fused-ring (bicyclic) bond motifs is 1. The highest BCUT2D eigenvalue weighted by Gasteiger charge is 2.79. The molecule has 0 N–H and O–H groups in total. The zero-order valence-electron chi connectivity index (χ0n) is 16.7. The molecule has 0 bridgehead atoms. The van der Waals surface area contributed by atoms with Crippen LogP contribution in [0, 0.1) is 16.2 Å². The molecular formula is C22H30O5. The molecule has 2 fully saturated rings. The minimum Gasteiger partial charge on any atom is -0.465 e. The van der Waals surface area contributed by atoms with E-state index in [1.807, 2.05) is 18.2 Å². The molecule has 5 nitrogen and oxygen atoms in total. The lowest BCUT2D eigenvalue weighted by Crippen LogP contribution is -2.42. The first kappa shape index (κ1) is 19.9. The van der Waals surface area contributed by atoms with Gasteiger partial charge >= 0.3 is 11.9 Å². The minimum absolute atomic E-state index is 0.106. The number of carbonyl (C=O) groups is 2. The summed E-state index contributed by atoms with van der Waals surface area (Å²) < 4.78 is 16.2. The molecule has 0 amide bonds. The molecule has 2 aliphatic carbocycles. The Morgan fingerprint density at radius 1 is 1.00 bits per heavy atom. The normalized spacial score (nSPS) is 28.9. The van der Waals surface area contributed by atoms with Crippen molar-refractivity contribution in [2.75, 3.05) is 26.9 Å². The lowest BCUT2D eigenvalue weighted by molar-refractivity contribution is -0.173. The Morgan fingerprint density at radius 2 is 1.59 bits per heavy atom.